The van der Waals surface area contributed by atoms with Crippen molar-refractivity contribution in [2.24, 2.45) is 0 Å². The molecule has 0 spiro atoms. The van der Waals surface area contributed by atoms with Gasteiger partial charge < -0.3 is 9.47 Å². The van der Waals surface area contributed by atoms with Crippen molar-refractivity contribution in [3.63, 3.8) is 0 Å². The van der Waals surface area contributed by atoms with Crippen molar-refractivity contribution in [1.82, 2.24) is 4.90 Å². The van der Waals surface area contributed by atoms with Gasteiger partial charge in [-0.2, -0.15) is 0 Å². The van der Waals surface area contributed by atoms with Crippen LogP contribution in [0.1, 0.15) is 70.8 Å². The van der Waals surface area contributed by atoms with Crippen LogP contribution in [0.15, 0.2) is 23.8 Å². The second-order valence-electron chi connectivity index (χ2n) is 7.59. The van der Waals surface area contributed by atoms with E-state index in [9.17, 15) is 4.79 Å². The normalized spacial score (nSPS) is 16.5. The van der Waals surface area contributed by atoms with Crippen molar-refractivity contribution < 1.29 is 14.3 Å². The van der Waals surface area contributed by atoms with Crippen molar-refractivity contribution >= 4 is 11.9 Å². The highest BCUT2D eigenvalue weighted by atomic mass is 16.5. The number of rotatable bonds is 12. The first-order valence-electron chi connectivity index (χ1n) is 10.9. The van der Waals surface area contributed by atoms with Crippen LogP contribution in [0.3, 0.4) is 0 Å². The fraction of sp³-hybridized carbons (Fsp3) is 0.625. The highest BCUT2D eigenvalue weighted by Gasteiger charge is 2.20. The molecule has 0 aliphatic carbocycles. The lowest BCUT2D eigenvalue weighted by Gasteiger charge is -2.26. The number of carbonyl (C=O) groups is 1. The van der Waals surface area contributed by atoms with Crippen molar-refractivity contribution in [3.05, 3.63) is 29.3 Å². The Morgan fingerprint density at radius 1 is 1.04 bits per heavy atom. The van der Waals surface area contributed by atoms with Crippen molar-refractivity contribution in [1.29, 1.82) is 0 Å². The highest BCUT2D eigenvalue weighted by molar-refractivity contribution is 6.00. The molecule has 0 saturated carbocycles. The van der Waals surface area contributed by atoms with Gasteiger partial charge in [-0.15, -0.1) is 0 Å². The molecule has 0 bridgehead atoms. The first-order valence-corrected chi connectivity index (χ1v) is 10.9. The van der Waals surface area contributed by atoms with Crippen molar-refractivity contribution in [2.75, 3.05) is 33.4 Å². The number of likely N-dealkylation sites (N-methyl/N-ethyl adjacent to an activating group) is 1. The number of methoxy groups -OCH3 is 1. The van der Waals surface area contributed by atoms with Gasteiger partial charge in [-0.25, -0.2) is 0 Å². The summed E-state index contributed by atoms with van der Waals surface area (Å²) >= 11 is 0. The van der Waals surface area contributed by atoms with Crippen LogP contribution in [0, 0.1) is 0 Å². The molecule has 1 aliphatic rings. The third-order valence-corrected chi connectivity index (χ3v) is 5.39. The molecule has 1 aromatic rings. The molecule has 1 fully saturated rings. The monoisotopic (exact) mass is 387 g/mol. The number of piperidine rings is 1. The number of Topliss-reactive ketones (excluding diaryl/α,β-unsaturated/α-hetero) is 1. The highest BCUT2D eigenvalue weighted by Crippen LogP contribution is 2.29. The van der Waals surface area contributed by atoms with E-state index in [0.717, 1.165) is 48.7 Å². The maximum absolute atomic E-state index is 12.2. The Hall–Kier alpha value is -1.81. The van der Waals surface area contributed by atoms with Crippen molar-refractivity contribution in [3.8, 4) is 11.5 Å². The summed E-state index contributed by atoms with van der Waals surface area (Å²) in [4.78, 5) is 14.5. The van der Waals surface area contributed by atoms with E-state index in [2.05, 4.69) is 18.7 Å². The van der Waals surface area contributed by atoms with E-state index in [1.165, 1.54) is 38.5 Å². The molecule has 1 heterocycles. The van der Waals surface area contributed by atoms with Crippen LogP contribution in [-0.4, -0.2) is 44.0 Å². The molecule has 0 amide bonds. The van der Waals surface area contributed by atoms with Crippen LogP contribution in [0.2, 0.25) is 0 Å². The third kappa shape index (κ3) is 7.31. The molecule has 1 aliphatic heterocycles. The number of benzene rings is 1. The number of ether oxygens (including phenoxy) is 2. The topological polar surface area (TPSA) is 38.8 Å². The number of likely N-dealkylation sites (tertiary alicyclic amines) is 1. The molecule has 0 N–H and O–H groups in total. The molecule has 2 rings (SSSR count). The zero-order valence-electron chi connectivity index (χ0n) is 18.0. The van der Waals surface area contributed by atoms with Gasteiger partial charge in [0.05, 0.1) is 13.7 Å². The smallest absolute Gasteiger partial charge is 0.161 e. The van der Waals surface area contributed by atoms with Gasteiger partial charge in [0.25, 0.3) is 0 Å². The van der Waals surface area contributed by atoms with Gasteiger partial charge in [0, 0.05) is 25.1 Å². The lowest BCUT2D eigenvalue weighted by molar-refractivity contribution is -0.117. The van der Waals surface area contributed by atoms with E-state index < -0.39 is 0 Å². The first kappa shape index (κ1) is 22.5. The lowest BCUT2D eigenvalue weighted by Crippen LogP contribution is -2.35. The largest absolute Gasteiger partial charge is 0.493 e. The third-order valence-electron chi connectivity index (χ3n) is 5.39. The summed E-state index contributed by atoms with van der Waals surface area (Å²) in [6, 6.07) is 5.93. The Balaban J connectivity index is 1.87. The predicted molar refractivity (Wildman–Crippen MR) is 116 cm³/mol. The van der Waals surface area contributed by atoms with Crippen LogP contribution in [0.4, 0.5) is 0 Å². The zero-order chi connectivity index (χ0) is 20.2. The molecule has 0 unspecified atom stereocenters. The van der Waals surface area contributed by atoms with E-state index in [4.69, 9.17) is 9.47 Å². The number of hydrogen-bond donors (Lipinski definition) is 0. The quantitative estimate of drug-likeness (QED) is 0.350. The van der Waals surface area contributed by atoms with Gasteiger partial charge in [0.15, 0.2) is 17.3 Å². The van der Waals surface area contributed by atoms with Gasteiger partial charge in [0.2, 0.25) is 0 Å². The molecule has 0 aromatic heterocycles. The number of ketones is 1. The maximum atomic E-state index is 12.2. The average Bonchev–Trinajstić information content (AvgIpc) is 2.72. The lowest BCUT2D eigenvalue weighted by atomic mass is 10.0. The molecule has 1 aromatic carbocycles. The summed E-state index contributed by atoms with van der Waals surface area (Å²) in [6.07, 6.45) is 11.5. The van der Waals surface area contributed by atoms with Crippen molar-refractivity contribution in [2.45, 2.75) is 65.2 Å². The average molecular weight is 388 g/mol. The molecule has 4 nitrogen and oxygen atoms in total. The van der Waals surface area contributed by atoms with Gasteiger partial charge in [0.1, 0.15) is 0 Å². The number of hydrogen-bond acceptors (Lipinski definition) is 4. The molecular formula is C24H37NO3. The van der Waals surface area contributed by atoms with Crippen LogP contribution in [-0.2, 0) is 4.79 Å². The summed E-state index contributed by atoms with van der Waals surface area (Å²) in [6.45, 7) is 7.66. The van der Waals surface area contributed by atoms with Gasteiger partial charge >= 0.3 is 0 Å². The van der Waals surface area contributed by atoms with Crippen LogP contribution in [0.5, 0.6) is 11.5 Å². The number of unbranched alkanes of at least 4 members (excludes halogenated alkanes) is 6. The summed E-state index contributed by atoms with van der Waals surface area (Å²) < 4.78 is 11.5. The standard InChI is InChI=1S/C24H37NO3/c1-4-6-7-8-9-10-11-16-28-23-13-12-20(18-24(23)27-3)17-21-19-25(5-2)15-14-22(21)26/h12-13,17-18H,4-11,14-16,19H2,1-3H3/b21-17+. The Labute approximate surface area is 170 Å². The van der Waals surface area contributed by atoms with E-state index in [1.807, 2.05) is 24.3 Å². The summed E-state index contributed by atoms with van der Waals surface area (Å²) in [5, 5.41) is 0. The van der Waals surface area contributed by atoms with Crippen LogP contribution >= 0.6 is 0 Å². The summed E-state index contributed by atoms with van der Waals surface area (Å²) in [5.74, 6) is 1.76. The number of carbonyl (C=O) groups excluding carboxylic acids is 1. The van der Waals surface area contributed by atoms with Gasteiger partial charge in [-0.3, -0.25) is 9.69 Å². The maximum Gasteiger partial charge on any atom is 0.161 e. The second kappa shape index (κ2) is 12.6. The fourth-order valence-corrected chi connectivity index (χ4v) is 3.56. The number of nitrogens with zero attached hydrogens (tertiary/aromatic N) is 1. The molecule has 28 heavy (non-hydrogen) atoms. The minimum Gasteiger partial charge on any atom is -0.493 e. The first-order chi connectivity index (χ1) is 13.7. The van der Waals surface area contributed by atoms with E-state index in [1.54, 1.807) is 7.11 Å². The molecule has 156 valence electrons. The van der Waals surface area contributed by atoms with Gasteiger partial charge in [-0.05, 0) is 36.7 Å². The zero-order valence-corrected chi connectivity index (χ0v) is 18.0. The SMILES string of the molecule is CCCCCCCCCOc1ccc(/C=C2\CN(CC)CCC2=O)cc1OC. The fourth-order valence-electron chi connectivity index (χ4n) is 3.56. The minimum atomic E-state index is 0.253. The van der Waals surface area contributed by atoms with E-state index in [-0.39, 0.29) is 5.78 Å². The Morgan fingerprint density at radius 3 is 2.50 bits per heavy atom. The Kier molecular flexibility index (Phi) is 10.1. The Bertz CT molecular complexity index is 639. The van der Waals surface area contributed by atoms with Gasteiger partial charge in [-0.1, -0.05) is 58.4 Å². The van der Waals surface area contributed by atoms with Crippen LogP contribution < -0.4 is 9.47 Å². The summed E-state index contributed by atoms with van der Waals surface area (Å²) in [7, 11) is 1.66. The minimum absolute atomic E-state index is 0.253. The molecular weight excluding hydrogens is 350 g/mol. The molecule has 0 radical (unpaired) electrons. The molecule has 1 saturated heterocycles. The van der Waals surface area contributed by atoms with Crippen LogP contribution in [0.25, 0.3) is 6.08 Å². The second-order valence-corrected chi connectivity index (χ2v) is 7.59. The summed E-state index contributed by atoms with van der Waals surface area (Å²) in [5.41, 5.74) is 1.87. The Morgan fingerprint density at radius 2 is 1.79 bits per heavy atom. The van der Waals surface area contributed by atoms with E-state index >= 15 is 0 Å². The molecule has 0 atom stereocenters. The van der Waals surface area contributed by atoms with E-state index in [0.29, 0.717) is 13.0 Å². The predicted octanol–water partition coefficient (Wildman–Crippen LogP) is 5.50. The molecule has 4 heteroatoms.